The molecular weight excluding hydrogens is 405 g/mol. The maximum atomic E-state index is 14.9. The van der Waals surface area contributed by atoms with Gasteiger partial charge in [-0.15, -0.1) is 0 Å². The van der Waals surface area contributed by atoms with Gasteiger partial charge in [-0.1, -0.05) is 26.8 Å². The van der Waals surface area contributed by atoms with Gasteiger partial charge in [-0.05, 0) is 61.3 Å². The Labute approximate surface area is 188 Å². The molecule has 1 fully saturated rings. The van der Waals surface area contributed by atoms with E-state index in [2.05, 4.69) is 35.7 Å². The second-order valence-electron chi connectivity index (χ2n) is 9.85. The zero-order valence-electron chi connectivity index (χ0n) is 18.9. The molecule has 0 unspecified atom stereocenters. The van der Waals surface area contributed by atoms with E-state index >= 15 is 0 Å². The second-order valence-corrected chi connectivity index (χ2v) is 9.85. The van der Waals surface area contributed by atoms with Crippen LogP contribution in [-0.4, -0.2) is 27.3 Å². The molecule has 0 radical (unpaired) electrons. The summed E-state index contributed by atoms with van der Waals surface area (Å²) in [5.41, 5.74) is 3.06. The zero-order chi connectivity index (χ0) is 22.7. The standard InChI is InChI=1S/C26H30FN3O2/c1-26(2,3)13-20-15-29-25(30-20)22-10-6-18(12-23(22)27)19-7-11-24(28-14-19)32-21-8-4-17(16-31)5-9-21/h6-7,10-12,14-17,21H,4-5,8-9,13H2,1-3H3,(H,29,30)/t17-,21+. The Hall–Kier alpha value is -3.02. The number of aromatic amines is 1. The first-order valence-corrected chi connectivity index (χ1v) is 11.2. The molecule has 2 heterocycles. The predicted octanol–water partition coefficient (Wildman–Crippen LogP) is 6.00. The monoisotopic (exact) mass is 435 g/mol. The van der Waals surface area contributed by atoms with E-state index in [9.17, 15) is 9.18 Å². The van der Waals surface area contributed by atoms with E-state index in [4.69, 9.17) is 4.74 Å². The lowest BCUT2D eigenvalue weighted by Gasteiger charge is -2.25. The van der Waals surface area contributed by atoms with Gasteiger partial charge in [-0.2, -0.15) is 0 Å². The Morgan fingerprint density at radius 2 is 1.88 bits per heavy atom. The van der Waals surface area contributed by atoms with Gasteiger partial charge in [0.15, 0.2) is 0 Å². The Morgan fingerprint density at radius 3 is 2.50 bits per heavy atom. The number of halogens is 1. The summed E-state index contributed by atoms with van der Waals surface area (Å²) < 4.78 is 20.9. The van der Waals surface area contributed by atoms with Crippen LogP contribution < -0.4 is 4.74 Å². The Morgan fingerprint density at radius 1 is 1.12 bits per heavy atom. The van der Waals surface area contributed by atoms with Crippen LogP contribution in [0, 0.1) is 17.2 Å². The van der Waals surface area contributed by atoms with Gasteiger partial charge >= 0.3 is 0 Å². The molecule has 0 amide bonds. The number of imidazole rings is 1. The van der Waals surface area contributed by atoms with E-state index in [1.54, 1.807) is 12.3 Å². The fourth-order valence-electron chi connectivity index (χ4n) is 4.15. The van der Waals surface area contributed by atoms with E-state index in [1.165, 1.54) is 6.07 Å². The molecule has 0 bridgehead atoms. The van der Waals surface area contributed by atoms with E-state index in [-0.39, 0.29) is 23.3 Å². The molecule has 0 spiro atoms. The molecule has 0 atom stereocenters. The van der Waals surface area contributed by atoms with Crippen LogP contribution in [-0.2, 0) is 11.2 Å². The minimum Gasteiger partial charge on any atom is -0.474 e. The van der Waals surface area contributed by atoms with Crippen LogP contribution in [0.5, 0.6) is 5.88 Å². The summed E-state index contributed by atoms with van der Waals surface area (Å²) in [7, 11) is 0. The van der Waals surface area contributed by atoms with Crippen LogP contribution in [0.2, 0.25) is 0 Å². The van der Waals surface area contributed by atoms with Gasteiger partial charge in [-0.25, -0.2) is 14.4 Å². The summed E-state index contributed by atoms with van der Waals surface area (Å²) in [6, 6.07) is 8.85. The number of H-pyrrole nitrogens is 1. The number of pyridine rings is 1. The fraction of sp³-hybridized carbons (Fsp3) is 0.423. The number of rotatable bonds is 6. The zero-order valence-corrected chi connectivity index (χ0v) is 18.9. The molecule has 5 nitrogen and oxygen atoms in total. The summed E-state index contributed by atoms with van der Waals surface area (Å²) in [6.07, 6.45) is 8.98. The highest BCUT2D eigenvalue weighted by Crippen LogP contribution is 2.29. The first kappa shape index (κ1) is 22.2. The number of aromatic nitrogens is 3. The first-order chi connectivity index (χ1) is 15.3. The number of benzene rings is 1. The van der Waals surface area contributed by atoms with Crippen LogP contribution >= 0.6 is 0 Å². The van der Waals surface area contributed by atoms with Gasteiger partial charge in [0.2, 0.25) is 5.88 Å². The molecule has 1 aromatic carbocycles. The second kappa shape index (κ2) is 9.23. The van der Waals surface area contributed by atoms with Crippen LogP contribution in [0.4, 0.5) is 4.39 Å². The lowest BCUT2D eigenvalue weighted by Crippen LogP contribution is -2.24. The van der Waals surface area contributed by atoms with E-state index in [1.807, 2.05) is 24.4 Å². The number of carbonyl (C=O) groups is 1. The molecule has 0 saturated heterocycles. The minimum atomic E-state index is -0.327. The van der Waals surface area contributed by atoms with Gasteiger partial charge < -0.3 is 14.5 Å². The topological polar surface area (TPSA) is 67.9 Å². The Kier molecular flexibility index (Phi) is 6.40. The van der Waals surface area contributed by atoms with Gasteiger partial charge in [0.1, 0.15) is 24.0 Å². The van der Waals surface area contributed by atoms with Crippen molar-refractivity contribution < 1.29 is 13.9 Å². The summed E-state index contributed by atoms with van der Waals surface area (Å²) in [4.78, 5) is 23.0. The van der Waals surface area contributed by atoms with E-state index < -0.39 is 0 Å². The van der Waals surface area contributed by atoms with Crippen molar-refractivity contribution in [3.63, 3.8) is 0 Å². The van der Waals surface area contributed by atoms with Crippen molar-refractivity contribution in [2.45, 2.75) is 59.0 Å². The van der Waals surface area contributed by atoms with Gasteiger partial charge in [0, 0.05) is 29.9 Å². The van der Waals surface area contributed by atoms with Gasteiger partial charge in [0.05, 0.1) is 11.3 Å². The fourth-order valence-corrected chi connectivity index (χ4v) is 4.15. The van der Waals surface area contributed by atoms with Crippen molar-refractivity contribution in [3.05, 3.63) is 54.2 Å². The van der Waals surface area contributed by atoms with Crippen molar-refractivity contribution >= 4 is 6.29 Å². The average Bonchev–Trinajstić information content (AvgIpc) is 3.21. The molecule has 32 heavy (non-hydrogen) atoms. The van der Waals surface area contributed by atoms with E-state index in [0.717, 1.165) is 55.2 Å². The van der Waals surface area contributed by atoms with Gasteiger partial charge in [-0.3, -0.25) is 0 Å². The van der Waals surface area contributed by atoms with Crippen LogP contribution in [0.25, 0.3) is 22.5 Å². The third-order valence-corrected chi connectivity index (χ3v) is 5.83. The molecule has 2 aromatic heterocycles. The highest BCUT2D eigenvalue weighted by Gasteiger charge is 2.22. The average molecular weight is 436 g/mol. The number of carbonyl (C=O) groups excluding carboxylic acids is 1. The predicted molar refractivity (Wildman–Crippen MR) is 123 cm³/mol. The summed E-state index contributed by atoms with van der Waals surface area (Å²) in [6.45, 7) is 6.46. The molecule has 168 valence electrons. The number of nitrogens with zero attached hydrogens (tertiary/aromatic N) is 2. The van der Waals surface area contributed by atoms with Crippen molar-refractivity contribution in [3.8, 4) is 28.4 Å². The smallest absolute Gasteiger partial charge is 0.213 e. The quantitative estimate of drug-likeness (QED) is 0.482. The van der Waals surface area contributed by atoms with Crippen molar-refractivity contribution in [1.82, 2.24) is 15.0 Å². The van der Waals surface area contributed by atoms with Crippen LogP contribution in [0.15, 0.2) is 42.7 Å². The lowest BCUT2D eigenvalue weighted by molar-refractivity contribution is -0.112. The molecule has 1 saturated carbocycles. The molecule has 6 heteroatoms. The molecule has 0 aliphatic heterocycles. The molecular formula is C26H30FN3O2. The third kappa shape index (κ3) is 5.42. The number of aldehydes is 1. The molecule has 3 aromatic rings. The summed E-state index contributed by atoms with van der Waals surface area (Å²) in [5, 5.41) is 0. The number of nitrogens with one attached hydrogen (secondary N) is 1. The lowest BCUT2D eigenvalue weighted by atomic mass is 9.88. The van der Waals surface area contributed by atoms with Crippen molar-refractivity contribution in [2.75, 3.05) is 0 Å². The van der Waals surface area contributed by atoms with Crippen LogP contribution in [0.1, 0.15) is 52.1 Å². The van der Waals surface area contributed by atoms with Gasteiger partial charge in [0.25, 0.3) is 0 Å². The number of ether oxygens (including phenoxy) is 1. The molecule has 4 rings (SSSR count). The first-order valence-electron chi connectivity index (χ1n) is 11.2. The number of hydrogen-bond acceptors (Lipinski definition) is 4. The third-order valence-electron chi connectivity index (χ3n) is 5.83. The maximum Gasteiger partial charge on any atom is 0.213 e. The number of hydrogen-bond donors (Lipinski definition) is 1. The SMILES string of the molecule is CC(C)(C)Cc1c[nH]c(-c2ccc(-c3ccc(O[C@H]4CC[C@@H](C=O)CC4)nc3)cc2F)n1. The highest BCUT2D eigenvalue weighted by atomic mass is 19.1. The summed E-state index contributed by atoms with van der Waals surface area (Å²) >= 11 is 0. The Bertz CT molecular complexity index is 1060. The van der Waals surface area contributed by atoms with Crippen LogP contribution in [0.3, 0.4) is 0 Å². The molecule has 1 aliphatic rings. The normalized spacial score (nSPS) is 19.0. The minimum absolute atomic E-state index is 0.0951. The summed E-state index contributed by atoms with van der Waals surface area (Å²) in [5.74, 6) is 0.933. The maximum absolute atomic E-state index is 14.9. The largest absolute Gasteiger partial charge is 0.474 e. The van der Waals surface area contributed by atoms with E-state index in [0.29, 0.717) is 17.3 Å². The molecule has 1 aliphatic carbocycles. The molecule has 1 N–H and O–H groups in total. The van der Waals surface area contributed by atoms with Crippen molar-refractivity contribution in [2.24, 2.45) is 11.3 Å². The Balaban J connectivity index is 1.43. The highest BCUT2D eigenvalue weighted by molar-refractivity contribution is 5.68. The van der Waals surface area contributed by atoms with Crippen molar-refractivity contribution in [1.29, 1.82) is 0 Å².